The highest BCUT2D eigenvalue weighted by molar-refractivity contribution is 9.10. The molecule has 0 aliphatic carbocycles. The van der Waals surface area contributed by atoms with Crippen LogP contribution in [0.25, 0.3) is 0 Å². The summed E-state index contributed by atoms with van der Waals surface area (Å²) in [5, 5.41) is 6.84. The molecular formula is C12H21BrClN3. The van der Waals surface area contributed by atoms with Gasteiger partial charge in [0.15, 0.2) is 0 Å². The molecule has 2 heterocycles. The van der Waals surface area contributed by atoms with Crippen LogP contribution in [0.3, 0.4) is 0 Å². The van der Waals surface area contributed by atoms with Gasteiger partial charge in [0.05, 0.1) is 11.9 Å². The van der Waals surface area contributed by atoms with Crippen molar-refractivity contribution in [2.75, 3.05) is 18.4 Å². The number of halogens is 2. The molecule has 1 aromatic rings. The summed E-state index contributed by atoms with van der Waals surface area (Å²) in [6, 6.07) is 2.65. The summed E-state index contributed by atoms with van der Waals surface area (Å²) >= 11 is 3.41. The molecule has 1 aliphatic heterocycles. The molecule has 0 radical (unpaired) electrons. The highest BCUT2D eigenvalue weighted by Gasteiger charge is 2.12. The van der Waals surface area contributed by atoms with Gasteiger partial charge in [-0.05, 0) is 47.9 Å². The zero-order valence-corrected chi connectivity index (χ0v) is 12.8. The number of hydrogen-bond acceptors (Lipinski definition) is 3. The van der Waals surface area contributed by atoms with Gasteiger partial charge in [-0.2, -0.15) is 0 Å². The van der Waals surface area contributed by atoms with Gasteiger partial charge in [0, 0.05) is 16.7 Å². The lowest BCUT2D eigenvalue weighted by Gasteiger charge is -2.24. The number of aromatic nitrogens is 1. The number of rotatable bonds is 2. The number of nitrogens with zero attached hydrogens (tertiary/aromatic N) is 1. The van der Waals surface area contributed by atoms with Crippen LogP contribution < -0.4 is 10.6 Å². The van der Waals surface area contributed by atoms with E-state index in [0.717, 1.165) is 23.2 Å². The molecule has 0 saturated carbocycles. The second-order valence-corrected chi connectivity index (χ2v) is 4.48. The summed E-state index contributed by atoms with van der Waals surface area (Å²) < 4.78 is 1.02. The van der Waals surface area contributed by atoms with Gasteiger partial charge < -0.3 is 10.6 Å². The zero-order valence-electron chi connectivity index (χ0n) is 10.4. The Kier molecular flexibility index (Phi) is 9.50. The van der Waals surface area contributed by atoms with E-state index < -0.39 is 0 Å². The summed E-state index contributed by atoms with van der Waals surface area (Å²) in [7, 11) is 0. The van der Waals surface area contributed by atoms with Crippen LogP contribution in [0.1, 0.15) is 26.7 Å². The standard InChI is InChI=1S/C10H14BrN3.C2H6.ClH/c11-8-5-10(7-13-6-8)14-9-1-3-12-4-2-9;1-2;/h5-7,9,12,14H,1-4H2;1-2H3;1H. The van der Waals surface area contributed by atoms with E-state index in [1.807, 2.05) is 20.0 Å². The number of nitrogens with one attached hydrogen (secondary N) is 2. The van der Waals surface area contributed by atoms with E-state index >= 15 is 0 Å². The topological polar surface area (TPSA) is 37.0 Å². The summed E-state index contributed by atoms with van der Waals surface area (Å²) in [4.78, 5) is 4.12. The number of pyridine rings is 1. The van der Waals surface area contributed by atoms with Crippen LogP contribution in [0.15, 0.2) is 22.9 Å². The molecule has 5 heteroatoms. The van der Waals surface area contributed by atoms with Crippen molar-refractivity contribution in [3.63, 3.8) is 0 Å². The van der Waals surface area contributed by atoms with Gasteiger partial charge in [0.1, 0.15) is 0 Å². The second kappa shape index (κ2) is 9.68. The van der Waals surface area contributed by atoms with Crippen LogP contribution in [0, 0.1) is 0 Å². The molecule has 1 saturated heterocycles. The number of piperidine rings is 1. The third-order valence-corrected chi connectivity index (χ3v) is 2.85. The van der Waals surface area contributed by atoms with Crippen molar-refractivity contribution in [2.24, 2.45) is 0 Å². The van der Waals surface area contributed by atoms with Crippen molar-refractivity contribution in [3.8, 4) is 0 Å². The molecule has 1 aliphatic rings. The van der Waals surface area contributed by atoms with Gasteiger partial charge >= 0.3 is 0 Å². The molecule has 0 unspecified atom stereocenters. The first-order chi connectivity index (χ1) is 7.84. The summed E-state index contributed by atoms with van der Waals surface area (Å²) in [5.41, 5.74) is 1.10. The molecule has 0 aromatic carbocycles. The minimum atomic E-state index is 0. The van der Waals surface area contributed by atoms with Crippen LogP contribution in [0.5, 0.6) is 0 Å². The Morgan fingerprint density at radius 1 is 1.29 bits per heavy atom. The minimum absolute atomic E-state index is 0. The average Bonchev–Trinajstić information content (AvgIpc) is 2.33. The van der Waals surface area contributed by atoms with E-state index in [9.17, 15) is 0 Å². The Balaban J connectivity index is 0.000000811. The molecule has 1 aromatic heterocycles. The SMILES string of the molecule is Brc1cncc(NC2CCNCC2)c1.CC.Cl. The molecule has 1 fully saturated rings. The van der Waals surface area contributed by atoms with Crippen LogP contribution >= 0.6 is 28.3 Å². The van der Waals surface area contributed by atoms with E-state index in [-0.39, 0.29) is 12.4 Å². The molecule has 17 heavy (non-hydrogen) atoms. The predicted molar refractivity (Wildman–Crippen MR) is 80.0 cm³/mol. The normalized spacial score (nSPS) is 15.2. The molecule has 3 nitrogen and oxygen atoms in total. The molecule has 0 atom stereocenters. The number of anilines is 1. The van der Waals surface area contributed by atoms with E-state index in [1.165, 1.54) is 12.8 Å². The average molecular weight is 323 g/mol. The fourth-order valence-electron chi connectivity index (χ4n) is 1.69. The summed E-state index contributed by atoms with van der Waals surface area (Å²) in [6.45, 7) is 6.22. The van der Waals surface area contributed by atoms with Crippen molar-refractivity contribution in [1.82, 2.24) is 10.3 Å². The van der Waals surface area contributed by atoms with E-state index in [4.69, 9.17) is 0 Å². The Morgan fingerprint density at radius 3 is 2.53 bits per heavy atom. The lowest BCUT2D eigenvalue weighted by molar-refractivity contribution is 0.479. The van der Waals surface area contributed by atoms with Crippen molar-refractivity contribution >= 4 is 34.0 Å². The van der Waals surface area contributed by atoms with E-state index in [0.29, 0.717) is 6.04 Å². The predicted octanol–water partition coefficient (Wildman–Crippen LogP) is 3.46. The molecular weight excluding hydrogens is 302 g/mol. The lowest BCUT2D eigenvalue weighted by atomic mass is 10.1. The maximum Gasteiger partial charge on any atom is 0.0540 e. The van der Waals surface area contributed by atoms with Crippen molar-refractivity contribution < 1.29 is 0 Å². The van der Waals surface area contributed by atoms with Gasteiger partial charge in [-0.25, -0.2) is 0 Å². The summed E-state index contributed by atoms with van der Waals surface area (Å²) in [6.07, 6.45) is 6.04. The van der Waals surface area contributed by atoms with Crippen LogP contribution in [0.2, 0.25) is 0 Å². The smallest absolute Gasteiger partial charge is 0.0540 e. The van der Waals surface area contributed by atoms with Crippen molar-refractivity contribution in [1.29, 1.82) is 0 Å². The monoisotopic (exact) mass is 321 g/mol. The van der Waals surface area contributed by atoms with Crippen LogP contribution in [-0.4, -0.2) is 24.1 Å². The Hall–Kier alpha value is -0.320. The van der Waals surface area contributed by atoms with Gasteiger partial charge in [-0.3, -0.25) is 4.98 Å². The first-order valence-electron chi connectivity index (χ1n) is 5.92. The van der Waals surface area contributed by atoms with Gasteiger partial charge in [0.2, 0.25) is 0 Å². The molecule has 0 bridgehead atoms. The first kappa shape index (κ1) is 16.7. The Morgan fingerprint density at radius 2 is 1.94 bits per heavy atom. The van der Waals surface area contributed by atoms with E-state index in [2.05, 4.69) is 37.6 Å². The highest BCUT2D eigenvalue weighted by atomic mass is 79.9. The molecule has 2 rings (SSSR count). The van der Waals surface area contributed by atoms with Gasteiger partial charge in [-0.15, -0.1) is 12.4 Å². The Labute approximate surface area is 118 Å². The maximum atomic E-state index is 4.12. The molecule has 2 N–H and O–H groups in total. The minimum Gasteiger partial charge on any atom is -0.381 e. The third-order valence-electron chi connectivity index (χ3n) is 2.41. The zero-order chi connectivity index (χ0) is 11.8. The molecule has 98 valence electrons. The number of hydrogen-bond donors (Lipinski definition) is 2. The highest BCUT2D eigenvalue weighted by Crippen LogP contribution is 2.16. The third kappa shape index (κ3) is 6.24. The van der Waals surface area contributed by atoms with Crippen molar-refractivity contribution in [2.45, 2.75) is 32.7 Å². The maximum absolute atomic E-state index is 4.12. The van der Waals surface area contributed by atoms with Crippen LogP contribution in [-0.2, 0) is 0 Å². The van der Waals surface area contributed by atoms with Crippen molar-refractivity contribution in [3.05, 3.63) is 22.9 Å². The Bertz CT molecular complexity index is 304. The molecule has 0 spiro atoms. The van der Waals surface area contributed by atoms with Gasteiger partial charge in [-0.1, -0.05) is 13.8 Å². The molecule has 0 amide bonds. The lowest BCUT2D eigenvalue weighted by Crippen LogP contribution is -2.35. The van der Waals surface area contributed by atoms with Crippen LogP contribution in [0.4, 0.5) is 5.69 Å². The van der Waals surface area contributed by atoms with E-state index in [1.54, 1.807) is 6.20 Å². The van der Waals surface area contributed by atoms with Gasteiger partial charge in [0.25, 0.3) is 0 Å². The second-order valence-electron chi connectivity index (χ2n) is 3.56. The fraction of sp³-hybridized carbons (Fsp3) is 0.583. The first-order valence-corrected chi connectivity index (χ1v) is 6.72. The largest absolute Gasteiger partial charge is 0.381 e. The fourth-order valence-corrected chi connectivity index (χ4v) is 2.06. The summed E-state index contributed by atoms with van der Waals surface area (Å²) in [5.74, 6) is 0. The quantitative estimate of drug-likeness (QED) is 0.875.